The monoisotopic (exact) mass is 293 g/mol. The highest BCUT2D eigenvalue weighted by Crippen LogP contribution is 2.25. The zero-order valence-electron chi connectivity index (χ0n) is 10.5. The predicted octanol–water partition coefficient (Wildman–Crippen LogP) is 2.10. The number of pyridine rings is 1. The summed E-state index contributed by atoms with van der Waals surface area (Å²) < 4.78 is 26.5. The third-order valence-corrected chi connectivity index (χ3v) is 3.95. The van der Waals surface area contributed by atoms with E-state index in [1.54, 1.807) is 12.1 Å². The third-order valence-electron chi connectivity index (χ3n) is 2.57. The highest BCUT2D eigenvalue weighted by atomic mass is 32.2. The number of hydrogen-bond donors (Lipinski definition) is 1. The molecule has 7 nitrogen and oxygen atoms in total. The summed E-state index contributed by atoms with van der Waals surface area (Å²) in [5.41, 5.74) is 0.396. The van der Waals surface area contributed by atoms with Gasteiger partial charge in [0.2, 0.25) is 0 Å². The quantitative estimate of drug-likeness (QED) is 0.687. The lowest BCUT2D eigenvalue weighted by Crippen LogP contribution is -2.14. The van der Waals surface area contributed by atoms with E-state index in [1.165, 1.54) is 24.4 Å². The molecule has 0 atom stereocenters. The SMILES string of the molecule is Cc1ccc(S(=O)(=O)Nc2ccncc2[N+](=O)[O-])cc1. The maximum absolute atomic E-state index is 12.1. The summed E-state index contributed by atoms with van der Waals surface area (Å²) in [5.74, 6) is 0. The number of nitrogens with zero attached hydrogens (tertiary/aromatic N) is 2. The number of rotatable bonds is 4. The normalized spacial score (nSPS) is 11.1. The molecular formula is C12H11N3O4S. The van der Waals surface area contributed by atoms with Crippen LogP contribution in [0.3, 0.4) is 0 Å². The van der Waals surface area contributed by atoms with Crippen LogP contribution in [0.4, 0.5) is 11.4 Å². The first-order valence-electron chi connectivity index (χ1n) is 5.58. The van der Waals surface area contributed by atoms with Crippen molar-refractivity contribution < 1.29 is 13.3 Å². The van der Waals surface area contributed by atoms with Gasteiger partial charge < -0.3 is 0 Å². The van der Waals surface area contributed by atoms with Gasteiger partial charge in [-0.15, -0.1) is 0 Å². The number of aromatic nitrogens is 1. The molecule has 1 N–H and O–H groups in total. The Kier molecular flexibility index (Phi) is 3.66. The average molecular weight is 293 g/mol. The molecule has 0 amide bonds. The molecule has 0 aliphatic rings. The minimum Gasteiger partial charge on any atom is -0.273 e. The second kappa shape index (κ2) is 5.25. The van der Waals surface area contributed by atoms with Gasteiger partial charge in [-0.05, 0) is 25.1 Å². The van der Waals surface area contributed by atoms with E-state index in [2.05, 4.69) is 9.71 Å². The van der Waals surface area contributed by atoms with E-state index in [0.29, 0.717) is 0 Å². The first-order chi connectivity index (χ1) is 9.40. The number of sulfonamides is 1. The molecule has 0 radical (unpaired) electrons. The summed E-state index contributed by atoms with van der Waals surface area (Å²) >= 11 is 0. The van der Waals surface area contributed by atoms with Crippen LogP contribution in [0.5, 0.6) is 0 Å². The highest BCUT2D eigenvalue weighted by Gasteiger charge is 2.20. The molecule has 0 spiro atoms. The minimum absolute atomic E-state index is 0.0363. The molecule has 0 fully saturated rings. The fourth-order valence-corrected chi connectivity index (χ4v) is 2.61. The van der Waals surface area contributed by atoms with Crippen LogP contribution in [0, 0.1) is 17.0 Å². The van der Waals surface area contributed by atoms with Gasteiger partial charge >= 0.3 is 5.69 Å². The van der Waals surface area contributed by atoms with E-state index in [1.807, 2.05) is 6.92 Å². The van der Waals surface area contributed by atoms with E-state index in [9.17, 15) is 18.5 Å². The molecule has 1 aromatic heterocycles. The molecule has 0 saturated carbocycles. The van der Waals surface area contributed by atoms with E-state index in [4.69, 9.17) is 0 Å². The fraction of sp³-hybridized carbons (Fsp3) is 0.0833. The Morgan fingerprint density at radius 3 is 2.45 bits per heavy atom. The lowest BCUT2D eigenvalue weighted by Gasteiger charge is -2.08. The van der Waals surface area contributed by atoms with Crippen molar-refractivity contribution in [1.29, 1.82) is 0 Å². The molecule has 1 heterocycles. The fourth-order valence-electron chi connectivity index (χ4n) is 1.54. The number of benzene rings is 1. The Bertz CT molecular complexity index is 742. The van der Waals surface area contributed by atoms with Gasteiger partial charge in [-0.2, -0.15) is 0 Å². The Morgan fingerprint density at radius 2 is 1.85 bits per heavy atom. The van der Waals surface area contributed by atoms with Crippen molar-refractivity contribution in [2.45, 2.75) is 11.8 Å². The molecule has 2 rings (SSSR count). The maximum Gasteiger partial charge on any atom is 0.311 e. The van der Waals surface area contributed by atoms with Crippen molar-refractivity contribution in [2.75, 3.05) is 4.72 Å². The summed E-state index contributed by atoms with van der Waals surface area (Å²) in [5, 5.41) is 10.8. The Morgan fingerprint density at radius 1 is 1.20 bits per heavy atom. The summed E-state index contributed by atoms with van der Waals surface area (Å²) in [4.78, 5) is 13.8. The van der Waals surface area contributed by atoms with E-state index in [0.717, 1.165) is 11.8 Å². The number of hydrogen-bond acceptors (Lipinski definition) is 5. The minimum atomic E-state index is -3.87. The molecule has 1 aromatic carbocycles. The van der Waals surface area contributed by atoms with E-state index < -0.39 is 20.6 Å². The van der Waals surface area contributed by atoms with Crippen LogP contribution in [0.1, 0.15) is 5.56 Å². The van der Waals surface area contributed by atoms with Crippen LogP contribution in [0.25, 0.3) is 0 Å². The molecule has 0 unspecified atom stereocenters. The third kappa shape index (κ3) is 2.91. The van der Waals surface area contributed by atoms with Gasteiger partial charge in [0.1, 0.15) is 11.9 Å². The molecule has 20 heavy (non-hydrogen) atoms. The van der Waals surface area contributed by atoms with Crippen molar-refractivity contribution in [2.24, 2.45) is 0 Å². The number of aryl methyl sites for hydroxylation is 1. The average Bonchev–Trinajstić information content (AvgIpc) is 2.39. The van der Waals surface area contributed by atoms with Gasteiger partial charge in [-0.1, -0.05) is 17.7 Å². The first-order valence-corrected chi connectivity index (χ1v) is 7.06. The van der Waals surface area contributed by atoms with Crippen molar-refractivity contribution in [3.8, 4) is 0 Å². The molecule has 0 aliphatic heterocycles. The predicted molar refractivity (Wildman–Crippen MR) is 72.9 cm³/mol. The summed E-state index contributed by atoms with van der Waals surface area (Å²) in [7, 11) is -3.87. The molecule has 2 aromatic rings. The van der Waals surface area contributed by atoms with Crippen LogP contribution in [0.2, 0.25) is 0 Å². The Hall–Kier alpha value is -2.48. The van der Waals surface area contributed by atoms with Gasteiger partial charge in [0.25, 0.3) is 10.0 Å². The van der Waals surface area contributed by atoms with Crippen LogP contribution >= 0.6 is 0 Å². The van der Waals surface area contributed by atoms with E-state index >= 15 is 0 Å². The van der Waals surface area contributed by atoms with Gasteiger partial charge in [0, 0.05) is 6.20 Å². The number of nitrogens with one attached hydrogen (secondary N) is 1. The zero-order chi connectivity index (χ0) is 14.8. The highest BCUT2D eigenvalue weighted by molar-refractivity contribution is 7.92. The molecule has 8 heteroatoms. The van der Waals surface area contributed by atoms with Crippen molar-refractivity contribution >= 4 is 21.4 Å². The second-order valence-corrected chi connectivity index (χ2v) is 5.75. The molecule has 0 aliphatic carbocycles. The lowest BCUT2D eigenvalue weighted by atomic mass is 10.2. The summed E-state index contributed by atoms with van der Waals surface area (Å²) in [6.07, 6.45) is 2.27. The molecule has 0 saturated heterocycles. The number of nitro groups is 1. The van der Waals surface area contributed by atoms with Crippen LogP contribution in [0.15, 0.2) is 47.6 Å². The van der Waals surface area contributed by atoms with Crippen molar-refractivity contribution in [1.82, 2.24) is 4.98 Å². The molecule has 104 valence electrons. The van der Waals surface area contributed by atoms with Gasteiger partial charge in [-0.25, -0.2) is 8.42 Å². The van der Waals surface area contributed by atoms with Gasteiger partial charge in [-0.3, -0.25) is 19.8 Å². The van der Waals surface area contributed by atoms with Crippen molar-refractivity contribution in [3.63, 3.8) is 0 Å². The van der Waals surface area contributed by atoms with Crippen LogP contribution in [-0.4, -0.2) is 18.3 Å². The Balaban J connectivity index is 2.38. The van der Waals surface area contributed by atoms with Crippen LogP contribution in [-0.2, 0) is 10.0 Å². The van der Waals surface area contributed by atoms with E-state index in [-0.39, 0.29) is 10.6 Å². The van der Waals surface area contributed by atoms with Gasteiger partial charge in [0.05, 0.1) is 9.82 Å². The standard InChI is InChI=1S/C12H11N3O4S/c1-9-2-4-10(5-3-9)20(18,19)14-11-6-7-13-8-12(11)15(16)17/h2-8H,1H3,(H,13,14). The summed E-state index contributed by atoms with van der Waals surface area (Å²) in [6.45, 7) is 1.83. The number of anilines is 1. The zero-order valence-corrected chi connectivity index (χ0v) is 11.3. The van der Waals surface area contributed by atoms with Crippen LogP contribution < -0.4 is 4.72 Å². The molecule has 0 bridgehead atoms. The molecular weight excluding hydrogens is 282 g/mol. The lowest BCUT2D eigenvalue weighted by molar-refractivity contribution is -0.384. The largest absolute Gasteiger partial charge is 0.311 e. The Labute approximate surface area is 115 Å². The first kappa shape index (κ1) is 13.9. The van der Waals surface area contributed by atoms with Gasteiger partial charge in [0.15, 0.2) is 0 Å². The summed E-state index contributed by atoms with van der Waals surface area (Å²) in [6, 6.07) is 7.41. The second-order valence-electron chi connectivity index (χ2n) is 4.07. The van der Waals surface area contributed by atoms with Crippen molar-refractivity contribution in [3.05, 3.63) is 58.4 Å². The smallest absolute Gasteiger partial charge is 0.273 e. The maximum atomic E-state index is 12.1. The topological polar surface area (TPSA) is 102 Å².